The Kier molecular flexibility index (Phi) is 6.39. The molecule has 0 unspecified atom stereocenters. The van der Waals surface area contributed by atoms with Gasteiger partial charge in [-0.3, -0.25) is 0 Å². The number of aromatic nitrogens is 3. The van der Waals surface area contributed by atoms with Crippen LogP contribution in [0.4, 0.5) is 0 Å². The van der Waals surface area contributed by atoms with Gasteiger partial charge in [0.05, 0.1) is 4.90 Å². The lowest BCUT2D eigenvalue weighted by Gasteiger charge is -2.11. The lowest BCUT2D eigenvalue weighted by Crippen LogP contribution is -2.25. The number of hydrogen-bond donors (Lipinski definition) is 1. The normalized spacial score (nSPS) is 12.0. The van der Waals surface area contributed by atoms with E-state index in [-0.39, 0.29) is 4.90 Å². The quantitative estimate of drug-likeness (QED) is 0.389. The molecule has 0 amide bonds. The van der Waals surface area contributed by atoms with Gasteiger partial charge in [0, 0.05) is 24.8 Å². The second-order valence-corrected chi connectivity index (χ2v) is 10.0. The summed E-state index contributed by atoms with van der Waals surface area (Å²) in [5, 5.41) is 0. The van der Waals surface area contributed by atoms with E-state index in [9.17, 15) is 8.42 Å². The van der Waals surface area contributed by atoms with Crippen molar-refractivity contribution in [2.24, 2.45) is 0 Å². The topological polar surface area (TPSA) is 76.9 Å². The van der Waals surface area contributed by atoms with Crippen molar-refractivity contribution in [3.8, 4) is 11.4 Å². The minimum atomic E-state index is -3.54. The van der Waals surface area contributed by atoms with Crippen LogP contribution in [-0.4, -0.2) is 29.5 Å². The number of aryl methyl sites for hydroxylation is 2. The molecular formula is C25H28N4O2S. The van der Waals surface area contributed by atoms with Crippen molar-refractivity contribution in [2.75, 3.05) is 6.54 Å². The first-order valence-corrected chi connectivity index (χ1v) is 12.3. The van der Waals surface area contributed by atoms with Crippen molar-refractivity contribution in [1.29, 1.82) is 0 Å². The van der Waals surface area contributed by atoms with Crippen LogP contribution < -0.4 is 4.72 Å². The average molecular weight is 449 g/mol. The molecule has 0 saturated heterocycles. The Bertz CT molecular complexity index is 1310. The highest BCUT2D eigenvalue weighted by atomic mass is 32.2. The lowest BCUT2D eigenvalue weighted by molar-refractivity contribution is 0.572. The van der Waals surface area contributed by atoms with Gasteiger partial charge in [-0.2, -0.15) is 0 Å². The molecule has 0 aliphatic carbocycles. The van der Waals surface area contributed by atoms with Gasteiger partial charge >= 0.3 is 0 Å². The number of rotatable bonds is 8. The number of nitrogens with one attached hydrogen (secondary N) is 1. The maximum Gasteiger partial charge on any atom is 0.240 e. The molecule has 7 heteroatoms. The molecule has 4 aromatic rings. The van der Waals surface area contributed by atoms with Gasteiger partial charge in [0.25, 0.3) is 0 Å². The Balaban J connectivity index is 1.48. The molecule has 0 saturated carbocycles. The van der Waals surface area contributed by atoms with Crippen molar-refractivity contribution in [3.05, 3.63) is 78.0 Å². The minimum absolute atomic E-state index is 0.289. The summed E-state index contributed by atoms with van der Waals surface area (Å²) in [6.45, 7) is 7.15. The van der Waals surface area contributed by atoms with Gasteiger partial charge in [-0.25, -0.2) is 23.1 Å². The van der Waals surface area contributed by atoms with Crippen LogP contribution in [0.2, 0.25) is 0 Å². The fourth-order valence-corrected chi connectivity index (χ4v) is 4.73. The Morgan fingerprint density at radius 1 is 1.00 bits per heavy atom. The number of nitrogens with zero attached hydrogens (tertiary/aromatic N) is 3. The highest BCUT2D eigenvalue weighted by molar-refractivity contribution is 7.89. The van der Waals surface area contributed by atoms with Gasteiger partial charge in [0.1, 0.15) is 11.3 Å². The molecule has 2 heterocycles. The number of imidazole rings is 1. The Hall–Kier alpha value is -3.03. The lowest BCUT2D eigenvalue weighted by atomic mass is 10.0. The first kappa shape index (κ1) is 22.2. The standard InChI is InChI=1S/C25H28N4O2S/c1-18(2)20-11-13-22(14-12-20)32(30,31)27-16-5-17-29-24(21-9-7-19(3)8-10-21)28-23-6-4-15-26-25(23)29/h4,6-15,18,27H,5,16-17H2,1-3H3. The van der Waals surface area contributed by atoms with Crippen LogP contribution in [0.3, 0.4) is 0 Å². The third-order valence-corrected chi connectivity index (χ3v) is 7.00. The molecule has 0 aliphatic heterocycles. The van der Waals surface area contributed by atoms with Gasteiger partial charge in [-0.1, -0.05) is 55.8 Å². The van der Waals surface area contributed by atoms with E-state index in [0.717, 1.165) is 28.1 Å². The number of hydrogen-bond acceptors (Lipinski definition) is 4. The minimum Gasteiger partial charge on any atom is -0.309 e. The molecule has 32 heavy (non-hydrogen) atoms. The molecule has 0 fully saturated rings. The second-order valence-electron chi connectivity index (χ2n) is 8.27. The molecule has 0 aliphatic rings. The summed E-state index contributed by atoms with van der Waals surface area (Å²) in [6.07, 6.45) is 2.37. The van der Waals surface area contributed by atoms with E-state index in [2.05, 4.69) is 59.3 Å². The van der Waals surface area contributed by atoms with E-state index < -0.39 is 10.0 Å². The number of pyridine rings is 1. The van der Waals surface area contributed by atoms with Crippen LogP contribution in [0.25, 0.3) is 22.6 Å². The smallest absolute Gasteiger partial charge is 0.240 e. The van der Waals surface area contributed by atoms with E-state index in [1.807, 2.05) is 24.3 Å². The highest BCUT2D eigenvalue weighted by Gasteiger charge is 2.16. The van der Waals surface area contributed by atoms with Crippen LogP contribution >= 0.6 is 0 Å². The predicted molar refractivity (Wildman–Crippen MR) is 128 cm³/mol. The van der Waals surface area contributed by atoms with Gasteiger partial charge in [-0.05, 0) is 49.1 Å². The fraction of sp³-hybridized carbons (Fsp3) is 0.280. The molecule has 0 bridgehead atoms. The monoisotopic (exact) mass is 448 g/mol. The van der Waals surface area contributed by atoms with E-state index in [0.29, 0.717) is 25.4 Å². The number of sulfonamides is 1. The van der Waals surface area contributed by atoms with E-state index in [1.54, 1.807) is 18.3 Å². The zero-order valence-corrected chi connectivity index (χ0v) is 19.4. The van der Waals surface area contributed by atoms with Gasteiger partial charge in [-0.15, -0.1) is 0 Å². The zero-order chi connectivity index (χ0) is 22.7. The average Bonchev–Trinajstić information content (AvgIpc) is 3.16. The molecule has 1 N–H and O–H groups in total. The van der Waals surface area contributed by atoms with Crippen LogP contribution in [-0.2, 0) is 16.6 Å². The van der Waals surface area contributed by atoms with Crippen molar-refractivity contribution < 1.29 is 8.42 Å². The molecular weight excluding hydrogens is 420 g/mol. The van der Waals surface area contributed by atoms with Crippen LogP contribution in [0.15, 0.2) is 71.8 Å². The Morgan fingerprint density at radius 2 is 1.72 bits per heavy atom. The zero-order valence-electron chi connectivity index (χ0n) is 18.6. The van der Waals surface area contributed by atoms with Crippen molar-refractivity contribution in [1.82, 2.24) is 19.3 Å². The van der Waals surface area contributed by atoms with E-state index in [1.165, 1.54) is 5.56 Å². The summed E-state index contributed by atoms with van der Waals surface area (Å²) in [6, 6.07) is 19.1. The summed E-state index contributed by atoms with van der Waals surface area (Å²) >= 11 is 0. The van der Waals surface area contributed by atoms with Gasteiger partial charge < -0.3 is 4.57 Å². The molecule has 2 aromatic heterocycles. The summed E-state index contributed by atoms with van der Waals surface area (Å²) in [5.74, 6) is 1.20. The van der Waals surface area contributed by atoms with Crippen molar-refractivity contribution in [2.45, 2.75) is 44.6 Å². The molecule has 4 rings (SSSR count). The second kappa shape index (κ2) is 9.22. The van der Waals surface area contributed by atoms with Crippen LogP contribution in [0, 0.1) is 6.92 Å². The molecule has 6 nitrogen and oxygen atoms in total. The summed E-state index contributed by atoms with van der Waals surface area (Å²) in [5.41, 5.74) is 4.95. The van der Waals surface area contributed by atoms with Crippen LogP contribution in [0.5, 0.6) is 0 Å². The first-order valence-electron chi connectivity index (χ1n) is 10.8. The Labute approximate surface area is 189 Å². The van der Waals surface area contributed by atoms with Gasteiger partial charge in [0.2, 0.25) is 10.0 Å². The maximum atomic E-state index is 12.7. The van der Waals surface area contributed by atoms with Gasteiger partial charge in [0.15, 0.2) is 5.65 Å². The molecule has 166 valence electrons. The molecule has 2 aromatic carbocycles. The third kappa shape index (κ3) is 4.74. The van der Waals surface area contributed by atoms with Crippen LogP contribution in [0.1, 0.15) is 37.3 Å². The summed E-state index contributed by atoms with van der Waals surface area (Å²) in [4.78, 5) is 9.56. The Morgan fingerprint density at radius 3 is 2.41 bits per heavy atom. The number of benzene rings is 2. The van der Waals surface area contributed by atoms with Crippen molar-refractivity contribution in [3.63, 3.8) is 0 Å². The molecule has 0 radical (unpaired) electrons. The predicted octanol–water partition coefficient (Wildman–Crippen LogP) is 4.90. The molecule has 0 spiro atoms. The summed E-state index contributed by atoms with van der Waals surface area (Å²) < 4.78 is 30.1. The largest absolute Gasteiger partial charge is 0.309 e. The van der Waals surface area contributed by atoms with E-state index in [4.69, 9.17) is 4.98 Å². The molecule has 0 atom stereocenters. The van der Waals surface area contributed by atoms with E-state index >= 15 is 0 Å². The highest BCUT2D eigenvalue weighted by Crippen LogP contribution is 2.24. The first-order chi connectivity index (χ1) is 15.3. The SMILES string of the molecule is Cc1ccc(-c2nc3cccnc3n2CCCNS(=O)(=O)c2ccc(C(C)C)cc2)cc1. The number of fused-ring (bicyclic) bond motifs is 1. The van der Waals surface area contributed by atoms with Crippen molar-refractivity contribution >= 4 is 21.2 Å². The fourth-order valence-electron chi connectivity index (χ4n) is 3.65. The summed E-state index contributed by atoms with van der Waals surface area (Å²) in [7, 11) is -3.54. The third-order valence-electron chi connectivity index (χ3n) is 5.52. The maximum absolute atomic E-state index is 12.7.